The molecule has 5 aliphatic heterocycles. The molecule has 5 aliphatic rings. The van der Waals surface area contributed by atoms with Crippen molar-refractivity contribution in [3.8, 4) is 17.2 Å². The quantitative estimate of drug-likeness (QED) is 0.0169. The third kappa shape index (κ3) is 18.0. The number of amides is 2. The summed E-state index contributed by atoms with van der Waals surface area (Å²) in [5, 5.41) is 51.3. The van der Waals surface area contributed by atoms with E-state index in [9.17, 15) is 53.5 Å². The highest BCUT2D eigenvalue weighted by atomic mass is 31.1. The summed E-state index contributed by atoms with van der Waals surface area (Å²) in [5.41, 5.74) is -0.510. The number of ether oxygens (including phenoxy) is 8. The Hall–Kier alpha value is -6.50. The Bertz CT molecular complexity index is 3180. The summed E-state index contributed by atoms with van der Waals surface area (Å²) >= 11 is 0. The van der Waals surface area contributed by atoms with E-state index < -0.39 is 132 Å². The second-order valence-electron chi connectivity index (χ2n) is 24.1. The Morgan fingerprint density at radius 1 is 0.922 bits per heavy atom. The molecule has 496 valence electrons. The average Bonchev–Trinajstić information content (AvgIpc) is 1.50. The van der Waals surface area contributed by atoms with Crippen LogP contribution in [0, 0.1) is 36.5 Å². The van der Waals surface area contributed by atoms with E-state index in [1.54, 1.807) is 51.7 Å². The van der Waals surface area contributed by atoms with Gasteiger partial charge < -0.3 is 73.9 Å². The minimum atomic E-state index is -2.05. The number of piperidine rings is 1. The number of phenols is 2. The lowest BCUT2D eigenvalue weighted by Crippen LogP contribution is -2.48. The van der Waals surface area contributed by atoms with Crippen LogP contribution in [-0.4, -0.2) is 180 Å². The minimum absolute atomic E-state index is 0.00449. The molecule has 28 heteroatoms. The van der Waals surface area contributed by atoms with E-state index in [-0.39, 0.29) is 99.2 Å². The fraction of sp³-hybridized carbons (Fsp3) is 0.645. The number of carbonyl (C=O) groups is 6. The highest BCUT2D eigenvalue weighted by molar-refractivity contribution is 7.44. The van der Waals surface area contributed by atoms with Gasteiger partial charge >= 0.3 is 29.8 Å². The van der Waals surface area contributed by atoms with Crippen LogP contribution < -0.4 is 26.1 Å². The zero-order valence-corrected chi connectivity index (χ0v) is 55.1. The number of benzene rings is 2. The van der Waals surface area contributed by atoms with Gasteiger partial charge in [-0.15, -0.1) is 0 Å². The SMILES string of the molecule is CCC(O)OCOC(=O)NCC(=O)OCCN(CCCCC(P=O)P=O)CC(=O)OC1C(C)C=C/C=C(/C)C(=O)N=c2c(O)c3c(O)c(C)c4c(c3c3c2=NC2(CCN(CC(C)C)CC2)N3)C(=O)C(C)(OC=CC(OC)C(C)C(OC(C)=O)C(C)C(O)C1C)O4. The molecule has 0 aromatic heterocycles. The topological polar surface area (TPSA) is 347 Å². The van der Waals surface area contributed by atoms with E-state index in [0.717, 1.165) is 6.54 Å². The number of aliphatic hydroxyl groups is 2. The molecule has 0 aliphatic carbocycles. The van der Waals surface area contributed by atoms with Crippen molar-refractivity contribution in [1.29, 1.82) is 0 Å². The largest absolute Gasteiger partial charge is 0.507 e. The van der Waals surface area contributed by atoms with E-state index in [1.807, 2.05) is 0 Å². The monoisotopic (exact) mass is 1300 g/mol. The van der Waals surface area contributed by atoms with Crippen LogP contribution in [0.15, 0.2) is 46.1 Å². The van der Waals surface area contributed by atoms with Crippen LogP contribution in [0.5, 0.6) is 17.2 Å². The molecule has 0 saturated carbocycles. The van der Waals surface area contributed by atoms with Gasteiger partial charge in [-0.05, 0) is 51.6 Å². The maximum Gasteiger partial charge on any atom is 0.409 e. The van der Waals surface area contributed by atoms with Crippen LogP contribution in [0.4, 0.5) is 10.5 Å². The number of carbonyl (C=O) groups excluding carboxylic acids is 6. The summed E-state index contributed by atoms with van der Waals surface area (Å²) < 4.78 is 68.8. The predicted molar refractivity (Wildman–Crippen MR) is 329 cm³/mol. The van der Waals surface area contributed by atoms with Crippen molar-refractivity contribution < 1.29 is 96.2 Å². The first-order chi connectivity index (χ1) is 42.6. The number of allylic oxidation sites excluding steroid dienone is 2. The number of nitrogens with one attached hydrogen (secondary N) is 2. The smallest absolute Gasteiger partial charge is 0.409 e. The maximum atomic E-state index is 15.0. The minimum Gasteiger partial charge on any atom is -0.507 e. The van der Waals surface area contributed by atoms with Gasteiger partial charge in [-0.2, -0.15) is 0 Å². The van der Waals surface area contributed by atoms with Crippen molar-refractivity contribution in [2.75, 3.05) is 71.6 Å². The van der Waals surface area contributed by atoms with Crippen LogP contribution >= 0.6 is 16.9 Å². The van der Waals surface area contributed by atoms with Gasteiger partial charge in [-0.1, -0.05) is 73.1 Å². The number of nitrogens with zero attached hydrogens (tertiary/aromatic N) is 4. The number of unbranched alkanes of at least 4 members (excludes halogenated alkanes) is 1. The molecule has 26 nitrogen and oxygen atoms in total. The number of alkyl carbamates (subject to hydrolysis) is 1. The van der Waals surface area contributed by atoms with Gasteiger partial charge in [0.1, 0.15) is 58.6 Å². The second kappa shape index (κ2) is 32.7. The normalized spacial score (nSPS) is 25.8. The molecule has 0 radical (unpaired) electrons. The van der Waals surface area contributed by atoms with Crippen LogP contribution in [-0.2, 0) is 61.5 Å². The third-order valence-corrected chi connectivity index (χ3v) is 18.3. The summed E-state index contributed by atoms with van der Waals surface area (Å²) in [5.74, 6) is -9.66. The number of phenolic OH excluding ortho intramolecular Hbond substituents is 2. The summed E-state index contributed by atoms with van der Waals surface area (Å²) in [4.78, 5) is 95.0. The zero-order chi connectivity index (χ0) is 66.4. The van der Waals surface area contributed by atoms with E-state index in [0.29, 0.717) is 51.1 Å². The van der Waals surface area contributed by atoms with Crippen LogP contribution in [0.1, 0.15) is 124 Å². The fourth-order valence-electron chi connectivity index (χ4n) is 11.7. The number of methoxy groups -OCH3 is 1. The highest BCUT2D eigenvalue weighted by Crippen LogP contribution is 2.51. The standard InChI is InChI=1S/C62H88N6O20P2/c1-13-42(70)83-32-84-60(78)63-29-43(71)82-28-26-67(23-15-14-19-45(89-79)90-80)31-44(72)87-55-34(4)17-16-18-35(5)59(77)64-51-50-49(65-62(66-50)21-24-68(25-22-62)30-33(2)3)46-47(54(51)75)53(74)39(9)57-48(46)58(76)61(11,88-57)85-27-20-41(81-12)36(6)56(86-40(10)69)38(8)52(73)37(55)7/h16-18,20,27,33-34,36-38,41-42,45,52,55-56,65,70,73-75H,13-15,19,21-26,28-32H2,1-12H3,(H,63,78)/b17-16?,27-20?,35-18-,64-51?. The number of likely N-dealkylation sites (tertiary alicyclic amines) is 1. The summed E-state index contributed by atoms with van der Waals surface area (Å²) in [6, 6.07) is 0. The molecule has 1 saturated heterocycles. The molecule has 10 unspecified atom stereocenters. The molecule has 1 fully saturated rings. The predicted octanol–water partition coefficient (Wildman–Crippen LogP) is 6.65. The van der Waals surface area contributed by atoms with E-state index in [2.05, 4.69) is 34.4 Å². The van der Waals surface area contributed by atoms with E-state index in [1.165, 1.54) is 53.2 Å². The Morgan fingerprint density at radius 2 is 1.61 bits per heavy atom. The number of Topliss-reactive ketones (excluding diaryl/α,β-unsaturated/α-hetero) is 1. The molecular weight excluding hydrogens is 1210 g/mol. The van der Waals surface area contributed by atoms with Gasteiger partial charge in [0.15, 0.2) is 35.8 Å². The molecule has 7 rings (SSSR count). The summed E-state index contributed by atoms with van der Waals surface area (Å²) in [7, 11) is 0.838. The van der Waals surface area contributed by atoms with Crippen molar-refractivity contribution in [3.05, 3.63) is 58.0 Å². The molecule has 2 aromatic rings. The second-order valence-corrected chi connectivity index (χ2v) is 26.1. The summed E-state index contributed by atoms with van der Waals surface area (Å²) in [6.07, 6.45) is 3.32. The molecule has 90 heavy (non-hydrogen) atoms. The number of aliphatic hydroxyl groups excluding tert-OH is 2. The molecule has 5 heterocycles. The molecular formula is C62H88N6O20P2. The van der Waals surface area contributed by atoms with Crippen molar-refractivity contribution >= 4 is 69.1 Å². The van der Waals surface area contributed by atoms with Crippen molar-refractivity contribution in [2.45, 2.75) is 162 Å². The van der Waals surface area contributed by atoms with E-state index >= 15 is 4.79 Å². The first kappa shape index (κ1) is 72.6. The Labute approximate surface area is 527 Å². The molecule has 1 spiro atoms. The molecule has 5 bridgehead atoms. The van der Waals surface area contributed by atoms with Crippen LogP contribution in [0.2, 0.25) is 0 Å². The molecule has 10 atom stereocenters. The van der Waals surface area contributed by atoms with Crippen LogP contribution in [0.3, 0.4) is 0 Å². The maximum absolute atomic E-state index is 15.0. The van der Waals surface area contributed by atoms with Crippen molar-refractivity contribution in [3.63, 3.8) is 0 Å². The lowest BCUT2D eigenvalue weighted by Gasteiger charge is -2.39. The molecule has 2 aromatic carbocycles. The van der Waals surface area contributed by atoms with Gasteiger partial charge in [0.2, 0.25) is 0 Å². The zero-order valence-electron chi connectivity index (χ0n) is 53.3. The third-order valence-electron chi connectivity index (χ3n) is 16.8. The number of esters is 3. The lowest BCUT2D eigenvalue weighted by molar-refractivity contribution is -0.166. The number of aromatic hydroxyl groups is 2. The van der Waals surface area contributed by atoms with Gasteiger partial charge in [0.05, 0.1) is 41.7 Å². The number of ketones is 1. The van der Waals surface area contributed by atoms with Gasteiger partial charge in [0.25, 0.3) is 11.7 Å². The summed E-state index contributed by atoms with van der Waals surface area (Å²) in [6.45, 7) is 19.0. The first-order valence-corrected chi connectivity index (χ1v) is 32.2. The average molecular weight is 1300 g/mol. The van der Waals surface area contributed by atoms with Crippen molar-refractivity contribution in [2.24, 2.45) is 39.6 Å². The van der Waals surface area contributed by atoms with Gasteiger partial charge in [0, 0.05) is 100 Å². The van der Waals surface area contributed by atoms with Crippen molar-refractivity contribution in [1.82, 2.24) is 15.1 Å². The Morgan fingerprint density at radius 3 is 2.26 bits per heavy atom. The Balaban J connectivity index is 1.39. The Kier molecular flexibility index (Phi) is 26.3. The number of fused-ring (bicyclic) bond motifs is 13. The molecule has 2 amide bonds. The fourth-order valence-corrected chi connectivity index (χ4v) is 12.4. The lowest BCUT2D eigenvalue weighted by atomic mass is 9.78. The molecule has 6 N–H and O–H groups in total. The van der Waals surface area contributed by atoms with Gasteiger partial charge in [-0.25, -0.2) is 9.79 Å². The first-order valence-electron chi connectivity index (χ1n) is 30.4. The van der Waals surface area contributed by atoms with E-state index in [4.69, 9.17) is 42.9 Å². The van der Waals surface area contributed by atoms with Gasteiger partial charge in [-0.3, -0.25) is 43.0 Å². The number of rotatable bonds is 23. The highest BCUT2D eigenvalue weighted by Gasteiger charge is 2.51. The number of hydrogen-bond acceptors (Lipinski definition) is 24. The number of anilines is 1. The number of hydrogen-bond donors (Lipinski definition) is 6. The van der Waals surface area contributed by atoms with Crippen LogP contribution in [0.25, 0.3) is 10.8 Å².